The molecule has 3 rings (SSSR count). The maximum absolute atomic E-state index is 12.3. The second kappa shape index (κ2) is 7.00. The Labute approximate surface area is 145 Å². The van der Waals surface area contributed by atoms with E-state index in [4.69, 9.17) is 4.74 Å². The van der Waals surface area contributed by atoms with Crippen molar-refractivity contribution in [2.45, 2.75) is 13.8 Å². The molecule has 126 valence electrons. The molecule has 2 heterocycles. The maximum Gasteiger partial charge on any atom is 0.321 e. The number of amides is 1. The van der Waals surface area contributed by atoms with Crippen LogP contribution in [0.3, 0.4) is 0 Å². The highest BCUT2D eigenvalue weighted by molar-refractivity contribution is 6.02. The number of carbonyl (C=O) groups is 1. The zero-order chi connectivity index (χ0) is 17.8. The Hall–Kier alpha value is -3.41. The normalized spacial score (nSPS) is 10.3. The summed E-state index contributed by atoms with van der Waals surface area (Å²) in [5.74, 6) is 0.389. The average molecular weight is 335 g/mol. The second-order valence-corrected chi connectivity index (χ2v) is 5.52. The number of anilines is 1. The van der Waals surface area contributed by atoms with Gasteiger partial charge < -0.3 is 15.3 Å². The number of nitrogens with one attached hydrogen (secondary N) is 1. The number of carbonyl (C=O) groups excluding carboxylic acids is 1. The number of pyridine rings is 2. The van der Waals surface area contributed by atoms with Crippen molar-refractivity contribution < 1.29 is 14.3 Å². The standard InChI is InChI=1S/C19H17N3O3/c1-13-7-5-10-17(14(13)2)25-19-15(8-6-11-20-19)21-18(23)16-9-3-4-12-22(16)24/h3-12H,1-2H3,(H,21,23). The summed E-state index contributed by atoms with van der Waals surface area (Å²) in [6.07, 6.45) is 2.85. The number of ether oxygens (including phenoxy) is 1. The summed E-state index contributed by atoms with van der Waals surface area (Å²) in [6, 6.07) is 13.7. The molecule has 6 heteroatoms. The van der Waals surface area contributed by atoms with Gasteiger partial charge in [0.15, 0.2) is 6.20 Å². The Morgan fingerprint density at radius 3 is 2.76 bits per heavy atom. The van der Waals surface area contributed by atoms with E-state index in [2.05, 4.69) is 10.3 Å². The Morgan fingerprint density at radius 1 is 1.12 bits per heavy atom. The highest BCUT2D eigenvalue weighted by Gasteiger charge is 2.18. The lowest BCUT2D eigenvalue weighted by molar-refractivity contribution is -0.607. The number of aromatic nitrogens is 2. The molecule has 6 nitrogen and oxygen atoms in total. The average Bonchev–Trinajstić information content (AvgIpc) is 2.61. The Kier molecular flexibility index (Phi) is 4.61. The van der Waals surface area contributed by atoms with Crippen molar-refractivity contribution in [2.24, 2.45) is 0 Å². The first-order valence-electron chi connectivity index (χ1n) is 7.75. The molecule has 0 atom stereocenters. The summed E-state index contributed by atoms with van der Waals surface area (Å²) < 4.78 is 6.39. The molecule has 0 bridgehead atoms. The van der Waals surface area contributed by atoms with E-state index in [-0.39, 0.29) is 11.6 Å². The van der Waals surface area contributed by atoms with Gasteiger partial charge in [-0.3, -0.25) is 4.79 Å². The van der Waals surface area contributed by atoms with Crippen LogP contribution in [0.4, 0.5) is 5.69 Å². The van der Waals surface area contributed by atoms with Crippen LogP contribution in [-0.4, -0.2) is 10.9 Å². The summed E-state index contributed by atoms with van der Waals surface area (Å²) >= 11 is 0. The van der Waals surface area contributed by atoms with Gasteiger partial charge in [0.2, 0.25) is 5.88 Å². The number of hydrogen-bond donors (Lipinski definition) is 1. The molecule has 25 heavy (non-hydrogen) atoms. The quantitative estimate of drug-likeness (QED) is 0.586. The van der Waals surface area contributed by atoms with E-state index < -0.39 is 5.91 Å². The van der Waals surface area contributed by atoms with E-state index >= 15 is 0 Å². The molecule has 0 saturated carbocycles. The van der Waals surface area contributed by atoms with Gasteiger partial charge in [-0.1, -0.05) is 12.1 Å². The molecule has 0 aliphatic carbocycles. The Balaban J connectivity index is 1.88. The van der Waals surface area contributed by atoms with Crippen molar-refractivity contribution in [2.75, 3.05) is 5.32 Å². The monoisotopic (exact) mass is 335 g/mol. The third-order valence-electron chi connectivity index (χ3n) is 3.84. The largest absolute Gasteiger partial charge is 0.618 e. The predicted molar refractivity (Wildman–Crippen MR) is 93.6 cm³/mol. The molecule has 0 aliphatic rings. The van der Waals surface area contributed by atoms with Crippen LogP contribution < -0.4 is 14.8 Å². The first kappa shape index (κ1) is 16.4. The van der Waals surface area contributed by atoms with Crippen LogP contribution in [0.15, 0.2) is 60.9 Å². The van der Waals surface area contributed by atoms with Gasteiger partial charge in [0.25, 0.3) is 5.69 Å². The van der Waals surface area contributed by atoms with E-state index in [1.54, 1.807) is 30.5 Å². The molecule has 1 aromatic carbocycles. The summed E-state index contributed by atoms with van der Waals surface area (Å²) in [5, 5.41) is 14.4. The Morgan fingerprint density at radius 2 is 1.96 bits per heavy atom. The lowest BCUT2D eigenvalue weighted by Gasteiger charge is -2.13. The van der Waals surface area contributed by atoms with Crippen molar-refractivity contribution in [3.05, 3.63) is 83.0 Å². The SMILES string of the molecule is Cc1cccc(Oc2ncccc2NC(=O)c2cccc[n+]2[O-])c1C. The minimum absolute atomic E-state index is 0.0101. The molecule has 0 fully saturated rings. The van der Waals surface area contributed by atoms with E-state index in [0.29, 0.717) is 16.2 Å². The second-order valence-electron chi connectivity index (χ2n) is 5.52. The molecular formula is C19H17N3O3. The minimum atomic E-state index is -0.533. The Bertz CT molecular complexity index is 925. The fraction of sp³-hybridized carbons (Fsp3) is 0.105. The van der Waals surface area contributed by atoms with E-state index in [9.17, 15) is 10.0 Å². The molecule has 1 amide bonds. The molecule has 3 aromatic rings. The first-order chi connectivity index (χ1) is 12.1. The third kappa shape index (κ3) is 3.58. The predicted octanol–water partition coefficient (Wildman–Crippen LogP) is 3.38. The summed E-state index contributed by atoms with van der Waals surface area (Å²) in [4.78, 5) is 16.5. The van der Waals surface area contributed by atoms with Gasteiger partial charge in [0.1, 0.15) is 11.4 Å². The number of nitrogens with zero attached hydrogens (tertiary/aromatic N) is 2. The number of hydrogen-bond acceptors (Lipinski definition) is 4. The smallest absolute Gasteiger partial charge is 0.321 e. The van der Waals surface area contributed by atoms with Crippen LogP contribution in [0.1, 0.15) is 21.6 Å². The van der Waals surface area contributed by atoms with Crippen LogP contribution in [0.5, 0.6) is 11.6 Å². The van der Waals surface area contributed by atoms with Gasteiger partial charge in [-0.15, -0.1) is 0 Å². The first-order valence-corrected chi connectivity index (χ1v) is 7.75. The van der Waals surface area contributed by atoms with Crippen molar-refractivity contribution in [3.63, 3.8) is 0 Å². The zero-order valence-electron chi connectivity index (χ0n) is 13.9. The van der Waals surface area contributed by atoms with Crippen LogP contribution in [0.25, 0.3) is 0 Å². The summed E-state index contributed by atoms with van der Waals surface area (Å²) in [7, 11) is 0. The maximum atomic E-state index is 12.3. The highest BCUT2D eigenvalue weighted by atomic mass is 16.5. The van der Waals surface area contributed by atoms with Gasteiger partial charge in [-0.2, -0.15) is 4.73 Å². The van der Waals surface area contributed by atoms with Gasteiger partial charge >= 0.3 is 5.91 Å². The molecule has 0 radical (unpaired) electrons. The lowest BCUT2D eigenvalue weighted by atomic mass is 10.1. The number of benzene rings is 1. The van der Waals surface area contributed by atoms with E-state index in [1.165, 1.54) is 12.3 Å². The molecule has 0 aliphatic heterocycles. The topological polar surface area (TPSA) is 78.2 Å². The van der Waals surface area contributed by atoms with Crippen molar-refractivity contribution in [1.29, 1.82) is 0 Å². The fourth-order valence-electron chi connectivity index (χ4n) is 2.30. The fourth-order valence-corrected chi connectivity index (χ4v) is 2.30. The molecule has 1 N–H and O–H groups in total. The number of rotatable bonds is 4. The van der Waals surface area contributed by atoms with Crippen molar-refractivity contribution in [3.8, 4) is 11.6 Å². The summed E-state index contributed by atoms with van der Waals surface area (Å²) in [5.41, 5.74) is 2.46. The van der Waals surface area contributed by atoms with Crippen LogP contribution in [0, 0.1) is 19.1 Å². The minimum Gasteiger partial charge on any atom is -0.618 e. The number of aryl methyl sites for hydroxylation is 1. The molecule has 0 saturated heterocycles. The lowest BCUT2D eigenvalue weighted by Crippen LogP contribution is -2.36. The van der Waals surface area contributed by atoms with Crippen LogP contribution in [-0.2, 0) is 0 Å². The third-order valence-corrected chi connectivity index (χ3v) is 3.84. The molecular weight excluding hydrogens is 318 g/mol. The van der Waals surface area contributed by atoms with Gasteiger partial charge in [0, 0.05) is 18.3 Å². The van der Waals surface area contributed by atoms with Crippen molar-refractivity contribution in [1.82, 2.24) is 4.98 Å². The zero-order valence-corrected chi connectivity index (χ0v) is 13.9. The van der Waals surface area contributed by atoms with Crippen LogP contribution in [0.2, 0.25) is 0 Å². The van der Waals surface area contributed by atoms with E-state index in [1.807, 2.05) is 32.0 Å². The van der Waals surface area contributed by atoms with E-state index in [0.717, 1.165) is 11.1 Å². The molecule has 2 aromatic heterocycles. The molecule has 0 unspecified atom stereocenters. The van der Waals surface area contributed by atoms with Gasteiger partial charge in [-0.05, 0) is 49.2 Å². The van der Waals surface area contributed by atoms with Crippen LogP contribution >= 0.6 is 0 Å². The highest BCUT2D eigenvalue weighted by Crippen LogP contribution is 2.30. The van der Waals surface area contributed by atoms with Gasteiger partial charge in [0.05, 0.1) is 0 Å². The van der Waals surface area contributed by atoms with Gasteiger partial charge in [-0.25, -0.2) is 4.98 Å². The molecule has 0 spiro atoms. The van der Waals surface area contributed by atoms with Crippen molar-refractivity contribution >= 4 is 11.6 Å². The summed E-state index contributed by atoms with van der Waals surface area (Å²) in [6.45, 7) is 3.95.